The lowest BCUT2D eigenvalue weighted by Crippen LogP contribution is -2.33. The first-order valence-electron chi connectivity index (χ1n) is 6.05. The fourth-order valence-electron chi connectivity index (χ4n) is 2.02. The highest BCUT2D eigenvalue weighted by molar-refractivity contribution is 9.10. The minimum absolute atomic E-state index is 0.0360. The Balaban J connectivity index is 1.80. The summed E-state index contributed by atoms with van der Waals surface area (Å²) < 4.78 is 6.45. The molecule has 98 valence electrons. The largest absolute Gasteiger partial charge is 0.484 e. The molecule has 0 spiro atoms. The van der Waals surface area contributed by atoms with Crippen molar-refractivity contribution in [2.75, 3.05) is 26.2 Å². The van der Waals surface area contributed by atoms with E-state index in [1.54, 1.807) is 0 Å². The Labute approximate surface area is 115 Å². The second-order valence-electron chi connectivity index (χ2n) is 4.47. The molecule has 1 fully saturated rings. The van der Waals surface area contributed by atoms with E-state index < -0.39 is 0 Å². The minimum Gasteiger partial charge on any atom is -0.484 e. The fraction of sp³-hybridized carbons (Fsp3) is 0.462. The summed E-state index contributed by atoms with van der Waals surface area (Å²) in [6, 6.07) is 7.45. The Kier molecular flexibility index (Phi) is 4.60. The van der Waals surface area contributed by atoms with Crippen LogP contribution in [0.1, 0.15) is 6.42 Å². The predicted molar refractivity (Wildman–Crippen MR) is 73.4 cm³/mol. The molecule has 2 N–H and O–H groups in total. The van der Waals surface area contributed by atoms with Crippen LogP contribution in [0.3, 0.4) is 0 Å². The molecule has 0 aliphatic carbocycles. The average molecular weight is 313 g/mol. The fourth-order valence-corrected chi connectivity index (χ4v) is 2.28. The van der Waals surface area contributed by atoms with Gasteiger partial charge < -0.3 is 15.4 Å². The molecule has 1 aromatic carbocycles. The van der Waals surface area contributed by atoms with Gasteiger partial charge in [-0.15, -0.1) is 0 Å². The summed E-state index contributed by atoms with van der Waals surface area (Å²) in [6.45, 7) is 2.31. The third kappa shape index (κ3) is 3.46. The molecule has 0 aromatic heterocycles. The average Bonchev–Trinajstić information content (AvgIpc) is 2.86. The van der Waals surface area contributed by atoms with Crippen molar-refractivity contribution in [2.24, 2.45) is 11.7 Å². The van der Waals surface area contributed by atoms with Crippen LogP contribution in [0.4, 0.5) is 0 Å². The summed E-state index contributed by atoms with van der Waals surface area (Å²) in [5.74, 6) is 1.19. The molecule has 0 bridgehead atoms. The van der Waals surface area contributed by atoms with E-state index in [4.69, 9.17) is 10.5 Å². The number of nitrogens with zero attached hydrogens (tertiary/aromatic N) is 1. The van der Waals surface area contributed by atoms with E-state index in [9.17, 15) is 4.79 Å². The highest BCUT2D eigenvalue weighted by atomic mass is 79.9. The van der Waals surface area contributed by atoms with Crippen molar-refractivity contribution in [3.8, 4) is 5.75 Å². The van der Waals surface area contributed by atoms with Gasteiger partial charge in [-0.2, -0.15) is 0 Å². The minimum atomic E-state index is 0.0360. The molecule has 18 heavy (non-hydrogen) atoms. The van der Waals surface area contributed by atoms with E-state index in [0.29, 0.717) is 18.2 Å². The number of hydrogen-bond acceptors (Lipinski definition) is 3. The number of rotatable bonds is 4. The quantitative estimate of drug-likeness (QED) is 0.919. The van der Waals surface area contributed by atoms with E-state index in [-0.39, 0.29) is 12.5 Å². The van der Waals surface area contributed by atoms with Gasteiger partial charge in [0.25, 0.3) is 5.91 Å². The molecule has 1 saturated heterocycles. The molecule has 1 atom stereocenters. The van der Waals surface area contributed by atoms with E-state index in [1.165, 1.54) is 0 Å². The third-order valence-electron chi connectivity index (χ3n) is 3.15. The van der Waals surface area contributed by atoms with Gasteiger partial charge in [0.15, 0.2) is 6.61 Å². The highest BCUT2D eigenvalue weighted by Crippen LogP contribution is 2.17. The normalized spacial score (nSPS) is 19.0. The highest BCUT2D eigenvalue weighted by Gasteiger charge is 2.25. The van der Waals surface area contributed by atoms with Gasteiger partial charge in [0.1, 0.15) is 5.75 Å². The second-order valence-corrected chi connectivity index (χ2v) is 5.39. The zero-order valence-corrected chi connectivity index (χ0v) is 11.7. The van der Waals surface area contributed by atoms with E-state index >= 15 is 0 Å². The number of carbonyl (C=O) groups is 1. The Hall–Kier alpha value is -1.07. The summed E-state index contributed by atoms with van der Waals surface area (Å²) in [5, 5.41) is 0. The van der Waals surface area contributed by atoms with Crippen molar-refractivity contribution in [1.82, 2.24) is 4.90 Å². The standard InChI is InChI=1S/C13H17BrN2O2/c14-11-1-3-12(4-2-11)18-9-13(17)16-6-5-10(7-15)8-16/h1-4,10H,5-9,15H2. The van der Waals surface area contributed by atoms with Crippen LogP contribution in [0.5, 0.6) is 5.75 Å². The van der Waals surface area contributed by atoms with Crippen LogP contribution in [-0.2, 0) is 4.79 Å². The summed E-state index contributed by atoms with van der Waals surface area (Å²) in [5.41, 5.74) is 5.60. The lowest BCUT2D eigenvalue weighted by atomic mass is 10.1. The van der Waals surface area contributed by atoms with Crippen molar-refractivity contribution < 1.29 is 9.53 Å². The molecule has 1 aromatic rings. The molecule has 1 unspecified atom stereocenters. The van der Waals surface area contributed by atoms with Gasteiger partial charge in [0.2, 0.25) is 0 Å². The predicted octanol–water partition coefficient (Wildman–Crippen LogP) is 1.64. The maximum absolute atomic E-state index is 11.9. The van der Waals surface area contributed by atoms with Crippen molar-refractivity contribution in [2.45, 2.75) is 6.42 Å². The Morgan fingerprint density at radius 3 is 2.78 bits per heavy atom. The van der Waals surface area contributed by atoms with Gasteiger partial charge in [0.05, 0.1) is 0 Å². The second kappa shape index (κ2) is 6.20. The van der Waals surface area contributed by atoms with Crippen LogP contribution >= 0.6 is 15.9 Å². The first-order chi connectivity index (χ1) is 8.69. The number of ether oxygens (including phenoxy) is 1. The Morgan fingerprint density at radius 1 is 1.44 bits per heavy atom. The van der Waals surface area contributed by atoms with Crippen LogP contribution in [0, 0.1) is 5.92 Å². The lowest BCUT2D eigenvalue weighted by molar-refractivity contribution is -0.132. The number of halogens is 1. The maximum atomic E-state index is 11.9. The van der Waals surface area contributed by atoms with Crippen molar-refractivity contribution >= 4 is 21.8 Å². The zero-order valence-electron chi connectivity index (χ0n) is 10.1. The first-order valence-corrected chi connectivity index (χ1v) is 6.84. The van der Waals surface area contributed by atoms with Crippen LogP contribution in [0.25, 0.3) is 0 Å². The number of benzene rings is 1. The van der Waals surface area contributed by atoms with Crippen molar-refractivity contribution in [3.63, 3.8) is 0 Å². The van der Waals surface area contributed by atoms with Crippen LogP contribution in [0.2, 0.25) is 0 Å². The Morgan fingerprint density at radius 2 is 2.17 bits per heavy atom. The van der Waals surface area contributed by atoms with Gasteiger partial charge in [-0.1, -0.05) is 15.9 Å². The SMILES string of the molecule is NCC1CCN(C(=O)COc2ccc(Br)cc2)C1. The van der Waals surface area contributed by atoms with E-state index in [0.717, 1.165) is 24.0 Å². The van der Waals surface area contributed by atoms with Gasteiger partial charge in [-0.25, -0.2) is 0 Å². The zero-order chi connectivity index (χ0) is 13.0. The lowest BCUT2D eigenvalue weighted by Gasteiger charge is -2.16. The van der Waals surface area contributed by atoms with Gasteiger partial charge in [-0.05, 0) is 43.1 Å². The number of likely N-dealkylation sites (tertiary alicyclic amines) is 1. The van der Waals surface area contributed by atoms with Crippen LogP contribution in [0.15, 0.2) is 28.7 Å². The number of amides is 1. The van der Waals surface area contributed by atoms with Crippen LogP contribution in [-0.4, -0.2) is 37.0 Å². The molecule has 1 aliphatic heterocycles. The Bertz CT molecular complexity index is 408. The third-order valence-corrected chi connectivity index (χ3v) is 3.68. The van der Waals surface area contributed by atoms with Gasteiger partial charge in [-0.3, -0.25) is 4.79 Å². The first kappa shape index (κ1) is 13.4. The molecule has 4 nitrogen and oxygen atoms in total. The molecule has 1 heterocycles. The van der Waals surface area contributed by atoms with Crippen molar-refractivity contribution in [1.29, 1.82) is 0 Å². The van der Waals surface area contributed by atoms with E-state index in [2.05, 4.69) is 15.9 Å². The van der Waals surface area contributed by atoms with E-state index in [1.807, 2.05) is 29.2 Å². The summed E-state index contributed by atoms with van der Waals surface area (Å²) >= 11 is 3.35. The molecule has 2 rings (SSSR count). The molecule has 1 aliphatic rings. The summed E-state index contributed by atoms with van der Waals surface area (Å²) in [6.07, 6.45) is 1.00. The van der Waals surface area contributed by atoms with Crippen LogP contribution < -0.4 is 10.5 Å². The molecular weight excluding hydrogens is 296 g/mol. The number of nitrogens with two attached hydrogens (primary N) is 1. The monoisotopic (exact) mass is 312 g/mol. The summed E-state index contributed by atoms with van der Waals surface area (Å²) in [7, 11) is 0. The summed E-state index contributed by atoms with van der Waals surface area (Å²) in [4.78, 5) is 13.7. The molecule has 1 amide bonds. The molecular formula is C13H17BrN2O2. The topological polar surface area (TPSA) is 55.6 Å². The molecule has 0 saturated carbocycles. The maximum Gasteiger partial charge on any atom is 0.260 e. The van der Waals surface area contributed by atoms with Gasteiger partial charge >= 0.3 is 0 Å². The smallest absolute Gasteiger partial charge is 0.260 e. The van der Waals surface area contributed by atoms with Gasteiger partial charge in [0, 0.05) is 17.6 Å². The molecule has 0 radical (unpaired) electrons. The van der Waals surface area contributed by atoms with Crippen molar-refractivity contribution in [3.05, 3.63) is 28.7 Å². The number of carbonyl (C=O) groups excluding carboxylic acids is 1. The number of hydrogen-bond donors (Lipinski definition) is 1. The molecule has 5 heteroatoms.